The summed E-state index contributed by atoms with van der Waals surface area (Å²) in [4.78, 5) is 0. The van der Waals surface area contributed by atoms with Crippen molar-refractivity contribution < 1.29 is 9.47 Å². The molecule has 21 heavy (non-hydrogen) atoms. The summed E-state index contributed by atoms with van der Waals surface area (Å²) in [5.74, 6) is 2.36. The second-order valence-corrected chi connectivity index (χ2v) is 6.33. The maximum absolute atomic E-state index is 5.36. The maximum Gasteiger partial charge on any atom is 0.160 e. The molecule has 0 aliphatic heterocycles. The Bertz CT molecular complexity index is 418. The molecule has 0 amide bonds. The summed E-state index contributed by atoms with van der Waals surface area (Å²) >= 11 is 0. The van der Waals surface area contributed by atoms with E-state index in [2.05, 4.69) is 45.1 Å². The highest BCUT2D eigenvalue weighted by atomic mass is 16.5. The minimum atomic E-state index is 0.449. The van der Waals surface area contributed by atoms with Crippen molar-refractivity contribution in [3.05, 3.63) is 23.8 Å². The van der Waals surface area contributed by atoms with E-state index in [1.165, 1.54) is 18.4 Å². The van der Waals surface area contributed by atoms with Gasteiger partial charge in [0.25, 0.3) is 0 Å². The lowest BCUT2D eigenvalue weighted by Crippen LogP contribution is -2.36. The molecule has 0 aliphatic carbocycles. The van der Waals surface area contributed by atoms with E-state index in [1.54, 1.807) is 14.2 Å². The SMILES string of the molecule is COc1ccc(CC(C)NC(C)CCC(C)C)cc1OC. The minimum absolute atomic E-state index is 0.449. The Morgan fingerprint density at radius 1 is 0.905 bits per heavy atom. The van der Waals surface area contributed by atoms with Crippen LogP contribution in [0.15, 0.2) is 18.2 Å². The molecule has 1 aromatic rings. The highest BCUT2D eigenvalue weighted by Gasteiger charge is 2.11. The Labute approximate surface area is 130 Å². The summed E-state index contributed by atoms with van der Waals surface area (Å²) in [7, 11) is 3.34. The van der Waals surface area contributed by atoms with Crippen LogP contribution < -0.4 is 14.8 Å². The molecular weight excluding hydrogens is 262 g/mol. The number of benzene rings is 1. The highest BCUT2D eigenvalue weighted by molar-refractivity contribution is 5.43. The number of hydrogen-bond donors (Lipinski definition) is 1. The van der Waals surface area contributed by atoms with Crippen molar-refractivity contribution in [3.8, 4) is 11.5 Å². The average molecular weight is 293 g/mol. The Kier molecular flexibility index (Phi) is 7.58. The molecule has 0 spiro atoms. The lowest BCUT2D eigenvalue weighted by Gasteiger charge is -2.21. The van der Waals surface area contributed by atoms with Gasteiger partial charge in [0.05, 0.1) is 14.2 Å². The molecule has 2 atom stereocenters. The van der Waals surface area contributed by atoms with Crippen LogP contribution in [0.1, 0.15) is 46.1 Å². The summed E-state index contributed by atoms with van der Waals surface area (Å²) in [5.41, 5.74) is 1.27. The van der Waals surface area contributed by atoms with Gasteiger partial charge in [-0.15, -0.1) is 0 Å². The Balaban J connectivity index is 2.52. The van der Waals surface area contributed by atoms with Crippen LogP contribution in [0, 0.1) is 5.92 Å². The molecule has 1 N–H and O–H groups in total. The molecule has 0 saturated heterocycles. The summed E-state index contributed by atoms with van der Waals surface area (Å²) in [6.45, 7) is 9.07. The van der Waals surface area contributed by atoms with Gasteiger partial charge < -0.3 is 14.8 Å². The van der Waals surface area contributed by atoms with Crippen LogP contribution in [0.3, 0.4) is 0 Å². The second-order valence-electron chi connectivity index (χ2n) is 6.33. The van der Waals surface area contributed by atoms with Gasteiger partial charge in [-0.1, -0.05) is 19.9 Å². The normalized spacial score (nSPS) is 14.0. The first-order valence-corrected chi connectivity index (χ1v) is 7.93. The lowest BCUT2D eigenvalue weighted by atomic mass is 10.0. The van der Waals surface area contributed by atoms with Gasteiger partial charge in [-0.3, -0.25) is 0 Å². The van der Waals surface area contributed by atoms with Gasteiger partial charge in [0.2, 0.25) is 0 Å². The largest absolute Gasteiger partial charge is 0.493 e. The number of hydrogen-bond acceptors (Lipinski definition) is 3. The predicted molar refractivity (Wildman–Crippen MR) is 89.4 cm³/mol. The third kappa shape index (κ3) is 6.38. The van der Waals surface area contributed by atoms with Crippen LogP contribution in [-0.4, -0.2) is 26.3 Å². The fourth-order valence-corrected chi connectivity index (χ4v) is 2.57. The van der Waals surface area contributed by atoms with Crippen molar-refractivity contribution in [3.63, 3.8) is 0 Å². The molecule has 0 saturated carbocycles. The van der Waals surface area contributed by atoms with E-state index in [0.29, 0.717) is 12.1 Å². The van der Waals surface area contributed by atoms with Gasteiger partial charge in [0.1, 0.15) is 0 Å². The maximum atomic E-state index is 5.36. The fourth-order valence-electron chi connectivity index (χ4n) is 2.57. The Hall–Kier alpha value is -1.22. The van der Waals surface area contributed by atoms with E-state index in [-0.39, 0.29) is 0 Å². The molecule has 1 aromatic carbocycles. The van der Waals surface area contributed by atoms with Gasteiger partial charge in [-0.05, 0) is 56.7 Å². The molecule has 1 rings (SSSR count). The van der Waals surface area contributed by atoms with E-state index in [0.717, 1.165) is 23.8 Å². The van der Waals surface area contributed by atoms with Crippen molar-refractivity contribution in [2.24, 2.45) is 5.92 Å². The summed E-state index contributed by atoms with van der Waals surface area (Å²) in [6, 6.07) is 7.16. The van der Waals surface area contributed by atoms with Crippen molar-refractivity contribution in [1.82, 2.24) is 5.32 Å². The van der Waals surface area contributed by atoms with Crippen molar-refractivity contribution >= 4 is 0 Å². The quantitative estimate of drug-likeness (QED) is 0.745. The topological polar surface area (TPSA) is 30.5 Å². The molecule has 3 nitrogen and oxygen atoms in total. The third-order valence-corrected chi connectivity index (χ3v) is 3.74. The molecule has 0 heterocycles. The van der Waals surface area contributed by atoms with E-state index in [4.69, 9.17) is 9.47 Å². The van der Waals surface area contributed by atoms with Crippen LogP contribution in [0.5, 0.6) is 11.5 Å². The van der Waals surface area contributed by atoms with Gasteiger partial charge in [0, 0.05) is 12.1 Å². The second kappa shape index (κ2) is 8.93. The third-order valence-electron chi connectivity index (χ3n) is 3.74. The van der Waals surface area contributed by atoms with Crippen molar-refractivity contribution in [2.45, 2.75) is 59.0 Å². The van der Waals surface area contributed by atoms with Crippen molar-refractivity contribution in [1.29, 1.82) is 0 Å². The minimum Gasteiger partial charge on any atom is -0.493 e. The van der Waals surface area contributed by atoms with E-state index < -0.39 is 0 Å². The smallest absolute Gasteiger partial charge is 0.160 e. The summed E-state index contributed by atoms with van der Waals surface area (Å²) in [5, 5.41) is 3.68. The predicted octanol–water partition coefficient (Wildman–Crippen LogP) is 4.05. The first-order chi connectivity index (χ1) is 9.96. The number of rotatable bonds is 9. The molecule has 0 aliphatic rings. The molecule has 0 aromatic heterocycles. The molecular formula is C18H31NO2. The molecule has 0 bridgehead atoms. The zero-order valence-corrected chi connectivity index (χ0v) is 14.4. The molecule has 2 unspecified atom stereocenters. The zero-order chi connectivity index (χ0) is 15.8. The number of methoxy groups -OCH3 is 2. The van der Waals surface area contributed by atoms with Crippen LogP contribution >= 0.6 is 0 Å². The lowest BCUT2D eigenvalue weighted by molar-refractivity contribution is 0.354. The van der Waals surface area contributed by atoms with E-state index >= 15 is 0 Å². The van der Waals surface area contributed by atoms with Crippen LogP contribution in [0.25, 0.3) is 0 Å². The van der Waals surface area contributed by atoms with Gasteiger partial charge >= 0.3 is 0 Å². The van der Waals surface area contributed by atoms with Crippen LogP contribution in [0.2, 0.25) is 0 Å². The van der Waals surface area contributed by atoms with Gasteiger partial charge in [-0.2, -0.15) is 0 Å². The zero-order valence-electron chi connectivity index (χ0n) is 14.4. The first kappa shape index (κ1) is 17.8. The molecule has 3 heteroatoms. The number of ether oxygens (including phenoxy) is 2. The van der Waals surface area contributed by atoms with Gasteiger partial charge in [-0.25, -0.2) is 0 Å². The first-order valence-electron chi connectivity index (χ1n) is 7.93. The van der Waals surface area contributed by atoms with E-state index in [1.807, 2.05) is 6.07 Å². The molecule has 120 valence electrons. The standard InChI is InChI=1S/C18H31NO2/c1-13(2)7-8-14(3)19-15(4)11-16-9-10-17(20-5)18(12-16)21-6/h9-10,12-15,19H,7-8,11H2,1-6H3. The van der Waals surface area contributed by atoms with Crippen LogP contribution in [-0.2, 0) is 6.42 Å². The fraction of sp³-hybridized carbons (Fsp3) is 0.667. The highest BCUT2D eigenvalue weighted by Crippen LogP contribution is 2.28. The average Bonchev–Trinajstić information content (AvgIpc) is 2.44. The van der Waals surface area contributed by atoms with Crippen molar-refractivity contribution in [2.75, 3.05) is 14.2 Å². The summed E-state index contributed by atoms with van der Waals surface area (Å²) < 4.78 is 10.6. The molecule has 0 radical (unpaired) electrons. The monoisotopic (exact) mass is 293 g/mol. The molecule has 0 fully saturated rings. The van der Waals surface area contributed by atoms with Crippen LogP contribution in [0.4, 0.5) is 0 Å². The van der Waals surface area contributed by atoms with E-state index in [9.17, 15) is 0 Å². The Morgan fingerprint density at radius 3 is 2.14 bits per heavy atom. The number of nitrogens with one attached hydrogen (secondary N) is 1. The Morgan fingerprint density at radius 2 is 1.57 bits per heavy atom. The summed E-state index contributed by atoms with van der Waals surface area (Å²) in [6.07, 6.45) is 3.50. The van der Waals surface area contributed by atoms with Gasteiger partial charge in [0.15, 0.2) is 11.5 Å².